The molecule has 6 heterocycles. The number of rotatable bonds is 10. The maximum Gasteiger partial charge on any atom is 0.421 e. The van der Waals surface area contributed by atoms with Crippen molar-refractivity contribution in [2.24, 2.45) is 5.92 Å². The first-order valence-electron chi connectivity index (χ1n) is 26.5. The first kappa shape index (κ1) is 50.6. The Kier molecular flexibility index (Phi) is 12.9. The Morgan fingerprint density at radius 2 is 1.46 bits per heavy atom. The minimum Gasteiger partial charge on any atom is -0.508 e. The maximum atomic E-state index is 16.9. The molecule has 0 bridgehead atoms. The molecule has 81 heavy (non-hydrogen) atoms. The first-order valence-corrected chi connectivity index (χ1v) is 26.5. The topological polar surface area (TPSA) is 212 Å². The van der Waals surface area contributed by atoms with Gasteiger partial charge in [-0.15, -0.1) is 5.10 Å². The molecule has 0 aliphatic carbocycles. The van der Waals surface area contributed by atoms with E-state index in [-0.39, 0.29) is 55.7 Å². The van der Waals surface area contributed by atoms with Crippen LogP contribution in [-0.2, 0) is 49.0 Å². The molecule has 3 fully saturated rings. The fourth-order valence-corrected chi connectivity index (χ4v) is 12.4. The number of hydrogen-bond acceptors (Lipinski definition) is 15. The van der Waals surface area contributed by atoms with Crippen LogP contribution < -0.4 is 14.4 Å². The highest BCUT2D eigenvalue weighted by Gasteiger charge is 2.76. The molecule has 0 radical (unpaired) electrons. The van der Waals surface area contributed by atoms with Crippen LogP contribution >= 0.6 is 0 Å². The molecule has 19 heteroatoms. The van der Waals surface area contributed by atoms with Gasteiger partial charge in [0.05, 0.1) is 34.1 Å². The van der Waals surface area contributed by atoms with Crippen molar-refractivity contribution in [3.05, 3.63) is 219 Å². The number of cyclic esters (lactones) is 1. The van der Waals surface area contributed by atoms with Crippen LogP contribution in [0.3, 0.4) is 0 Å². The summed E-state index contributed by atoms with van der Waals surface area (Å²) in [6.07, 6.45) is -2.05. The van der Waals surface area contributed by atoms with Crippen molar-refractivity contribution >= 4 is 46.3 Å². The van der Waals surface area contributed by atoms with Crippen LogP contribution in [0, 0.1) is 27.9 Å². The number of aromatic hydroxyl groups is 1. The summed E-state index contributed by atoms with van der Waals surface area (Å²) >= 11 is 0. The zero-order valence-electron chi connectivity index (χ0n) is 43.3. The van der Waals surface area contributed by atoms with Crippen LogP contribution in [0.15, 0.2) is 170 Å². The molecule has 5 aliphatic rings. The van der Waals surface area contributed by atoms with E-state index in [0.717, 1.165) is 21.5 Å². The fourth-order valence-electron chi connectivity index (χ4n) is 12.4. The first-order chi connectivity index (χ1) is 39.5. The molecule has 0 saturated carbocycles. The normalized spacial score (nSPS) is 22.0. The van der Waals surface area contributed by atoms with Crippen molar-refractivity contribution in [2.75, 3.05) is 37.9 Å². The van der Waals surface area contributed by atoms with Gasteiger partial charge in [-0.2, -0.15) is 0 Å². The molecule has 7 aromatic carbocycles. The van der Waals surface area contributed by atoms with Gasteiger partial charge in [0, 0.05) is 50.4 Å². The fraction of sp³-hybridized carbons (Fsp3) is 0.226. The van der Waals surface area contributed by atoms with Crippen LogP contribution in [0.1, 0.15) is 57.1 Å². The van der Waals surface area contributed by atoms with Gasteiger partial charge in [-0.1, -0.05) is 108 Å². The molecular formula is C62H50N8O11. The van der Waals surface area contributed by atoms with Crippen molar-refractivity contribution in [2.45, 2.75) is 49.3 Å². The minimum absolute atomic E-state index is 0.0688. The van der Waals surface area contributed by atoms with Gasteiger partial charge in [0.2, 0.25) is 18.6 Å². The monoisotopic (exact) mass is 1080 g/mol. The van der Waals surface area contributed by atoms with Gasteiger partial charge in [-0.25, -0.2) is 14.4 Å². The molecule has 3 amide bonds. The van der Waals surface area contributed by atoms with Crippen LogP contribution in [0.25, 0.3) is 11.0 Å². The molecule has 19 nitrogen and oxygen atoms in total. The van der Waals surface area contributed by atoms with E-state index < -0.39 is 64.4 Å². The second-order valence-electron chi connectivity index (χ2n) is 20.5. The molecule has 1 aromatic heterocycles. The van der Waals surface area contributed by atoms with Gasteiger partial charge in [-0.3, -0.25) is 34.3 Å². The summed E-state index contributed by atoms with van der Waals surface area (Å²) in [6.45, 7) is 1.79. The molecule has 8 aromatic rings. The van der Waals surface area contributed by atoms with Crippen LogP contribution in [0.4, 0.5) is 16.2 Å². The highest BCUT2D eigenvalue weighted by Crippen LogP contribution is 2.66. The lowest BCUT2D eigenvalue weighted by Crippen LogP contribution is -2.59. The Morgan fingerprint density at radius 3 is 2.21 bits per heavy atom. The van der Waals surface area contributed by atoms with Crippen LogP contribution in [0.5, 0.6) is 17.2 Å². The number of anilines is 1. The standard InChI is InChI=1S/C62H50N8O11/c71-46-25-21-44(22-26-46)57-62(47-34-39(10-9-29-67-50-16-8-7-15-48(50)63-64-67)19-27-49(47)68(60(62)74)61(75)78-37-40-17-23-45(24-18-40)70(76)77)53(58(72)66-32-30-65(31-33-66)36-41-20-28-51-52(35-41)80-38-79-51)55-59(73)81-56(43-13-5-2-6-14-43)54(69(55)57)42-11-3-1-4-12-42/h1-8,11-28,34-35,53-57,71H,29-33,36-38H2/t53-,54-,55-,56+,57+,62-/m1/s1. The number of hydrogen-bond donors (Lipinski definition) is 1. The van der Waals surface area contributed by atoms with Crippen molar-refractivity contribution in [3.63, 3.8) is 0 Å². The van der Waals surface area contributed by atoms with E-state index in [4.69, 9.17) is 18.9 Å². The van der Waals surface area contributed by atoms with Crippen molar-refractivity contribution in [3.8, 4) is 29.1 Å². The lowest BCUT2D eigenvalue weighted by molar-refractivity contribution is -0.384. The number of ether oxygens (including phenoxy) is 4. The number of phenolic OH excluding ortho intramolecular Hbond substituents is 1. The lowest BCUT2D eigenvalue weighted by Gasteiger charge is -2.46. The molecule has 404 valence electrons. The molecule has 13 rings (SSSR count). The average molecular weight is 1080 g/mol. The number of morpholine rings is 1. The number of imide groups is 1. The third-order valence-electron chi connectivity index (χ3n) is 16.0. The van der Waals surface area contributed by atoms with Gasteiger partial charge in [-0.05, 0) is 100 Å². The molecule has 0 unspecified atom stereocenters. The molecule has 3 saturated heterocycles. The second kappa shape index (κ2) is 20.7. The number of phenols is 1. The number of nitro groups is 1. The van der Waals surface area contributed by atoms with E-state index in [0.29, 0.717) is 58.9 Å². The smallest absolute Gasteiger partial charge is 0.421 e. The molecular weight excluding hydrogens is 1030 g/mol. The zero-order chi connectivity index (χ0) is 55.4. The van der Waals surface area contributed by atoms with Crippen molar-refractivity contribution in [1.82, 2.24) is 29.7 Å². The Labute approximate surface area is 463 Å². The van der Waals surface area contributed by atoms with E-state index in [1.807, 2.05) is 108 Å². The number of esters is 1. The minimum atomic E-state index is -2.12. The van der Waals surface area contributed by atoms with Gasteiger partial charge in [0.15, 0.2) is 11.5 Å². The number of nitro benzene ring substituents is 1. The summed E-state index contributed by atoms with van der Waals surface area (Å²) in [6, 6.07) is 45.4. The lowest BCUT2D eigenvalue weighted by atomic mass is 9.65. The summed E-state index contributed by atoms with van der Waals surface area (Å²) < 4.78 is 25.5. The van der Waals surface area contributed by atoms with Crippen molar-refractivity contribution in [1.29, 1.82) is 0 Å². The number of aromatic nitrogens is 3. The van der Waals surface area contributed by atoms with Gasteiger partial charge < -0.3 is 29.0 Å². The predicted octanol–water partition coefficient (Wildman–Crippen LogP) is 8.17. The van der Waals surface area contributed by atoms with Gasteiger partial charge in [0.25, 0.3) is 5.69 Å². The molecule has 5 aliphatic heterocycles. The number of para-hydroxylation sites is 1. The summed E-state index contributed by atoms with van der Waals surface area (Å²) in [5.41, 5.74) is 3.19. The van der Waals surface area contributed by atoms with E-state index in [2.05, 4.69) is 27.1 Å². The van der Waals surface area contributed by atoms with E-state index in [1.54, 1.807) is 39.9 Å². The summed E-state index contributed by atoms with van der Waals surface area (Å²) in [4.78, 5) is 82.0. The third kappa shape index (κ3) is 8.90. The number of amides is 3. The summed E-state index contributed by atoms with van der Waals surface area (Å²) in [5, 5.41) is 31.0. The third-order valence-corrected chi connectivity index (χ3v) is 16.0. The summed E-state index contributed by atoms with van der Waals surface area (Å²) in [5.74, 6) is 4.07. The number of piperazine rings is 1. The SMILES string of the molecule is O=C1O[C@@H](c2ccccc2)[C@@H](c2ccccc2)N2[C@@H](c3ccc(O)cc3)[C@]3(C(=O)N(C(=O)OCc4ccc([N+](=O)[O-])cc4)c4ccc(C#CCn5nnc6ccccc65)cc43)[C@@H](C(=O)N3CCN(Cc4ccc5c(c4)OCO5)CC3)[C@H]12. The second-order valence-corrected chi connectivity index (χ2v) is 20.5. The summed E-state index contributed by atoms with van der Waals surface area (Å²) in [7, 11) is 0. The number of carbonyl (C=O) groups is 4. The van der Waals surface area contributed by atoms with Crippen LogP contribution in [0.2, 0.25) is 0 Å². The molecule has 1 spiro atoms. The van der Waals surface area contributed by atoms with E-state index in [9.17, 15) is 15.2 Å². The van der Waals surface area contributed by atoms with E-state index >= 15 is 19.2 Å². The van der Waals surface area contributed by atoms with E-state index in [1.165, 1.54) is 36.4 Å². The number of nitrogens with zero attached hydrogens (tertiary/aromatic N) is 8. The number of benzene rings is 7. The van der Waals surface area contributed by atoms with Gasteiger partial charge in [0.1, 0.15) is 42.0 Å². The highest BCUT2D eigenvalue weighted by molar-refractivity contribution is 6.23. The molecule has 1 N–H and O–H groups in total. The Morgan fingerprint density at radius 1 is 0.753 bits per heavy atom. The Bertz CT molecular complexity index is 3840. The predicted molar refractivity (Wildman–Crippen MR) is 292 cm³/mol. The number of non-ortho nitro benzene ring substituents is 1. The zero-order valence-corrected chi connectivity index (χ0v) is 43.3. The highest BCUT2D eigenvalue weighted by atomic mass is 16.7. The number of carbonyl (C=O) groups excluding carboxylic acids is 4. The Balaban J connectivity index is 0.984. The average Bonchev–Trinajstić information content (AvgIpc) is 2.25. The molecule has 6 atom stereocenters. The van der Waals surface area contributed by atoms with Gasteiger partial charge >= 0.3 is 12.1 Å². The largest absolute Gasteiger partial charge is 0.508 e. The number of fused-ring (bicyclic) bond motifs is 5. The maximum absolute atomic E-state index is 16.9. The quantitative estimate of drug-likeness (QED) is 0.0592. The van der Waals surface area contributed by atoms with Crippen LogP contribution in [-0.4, -0.2) is 103 Å². The van der Waals surface area contributed by atoms with Crippen molar-refractivity contribution < 1.29 is 48.2 Å². The Hall–Kier alpha value is -9.90.